The summed E-state index contributed by atoms with van der Waals surface area (Å²) in [6.45, 7) is -1.43. The van der Waals surface area contributed by atoms with Crippen LogP contribution in [0.3, 0.4) is 0 Å². The number of pyridine rings is 1. The van der Waals surface area contributed by atoms with Gasteiger partial charge in [0.05, 0.1) is 33.3 Å². The molecule has 1 fully saturated rings. The molecule has 1 unspecified atom stereocenters. The van der Waals surface area contributed by atoms with E-state index in [4.69, 9.17) is 14.2 Å². The Morgan fingerprint density at radius 2 is 2.04 bits per heavy atom. The van der Waals surface area contributed by atoms with Crippen molar-refractivity contribution >= 4 is 21.8 Å². The maximum atomic E-state index is 13.0. The molecule has 0 saturated carbocycles. The molecule has 3 heterocycles. The average Bonchev–Trinajstić information content (AvgIpc) is 3.12. The van der Waals surface area contributed by atoms with Crippen LogP contribution >= 0.6 is 0 Å². The van der Waals surface area contributed by atoms with Crippen molar-refractivity contribution in [2.45, 2.75) is 23.1 Å². The van der Waals surface area contributed by atoms with Gasteiger partial charge in [-0.3, -0.25) is 9.19 Å². The van der Waals surface area contributed by atoms with E-state index in [1.165, 1.54) is 6.20 Å². The molecule has 0 spiro atoms. The van der Waals surface area contributed by atoms with Gasteiger partial charge in [0.1, 0.15) is 25.6 Å². The van der Waals surface area contributed by atoms with Crippen molar-refractivity contribution in [2.24, 2.45) is 0 Å². The Balaban J connectivity index is 1.36. The number of hydrogen-bond acceptors (Lipinski definition) is 6. The zero-order chi connectivity index (χ0) is 19.6. The topological polar surface area (TPSA) is 86.3 Å². The van der Waals surface area contributed by atoms with Crippen molar-refractivity contribution in [3.05, 3.63) is 48.3 Å². The van der Waals surface area contributed by atoms with E-state index in [1.54, 1.807) is 12.1 Å². The van der Waals surface area contributed by atoms with E-state index in [-0.39, 0.29) is 12.4 Å². The number of aromatic amines is 1. The van der Waals surface area contributed by atoms with Gasteiger partial charge in [0.2, 0.25) is 0 Å². The lowest BCUT2D eigenvalue weighted by Crippen LogP contribution is -2.43. The van der Waals surface area contributed by atoms with Crippen molar-refractivity contribution < 1.29 is 27.2 Å². The van der Waals surface area contributed by atoms with Gasteiger partial charge in [-0.05, 0) is 18.2 Å². The molecule has 1 aromatic carbocycles. The molecule has 7 nitrogen and oxygen atoms in total. The van der Waals surface area contributed by atoms with Gasteiger partial charge in [-0.15, -0.1) is 0 Å². The summed E-state index contributed by atoms with van der Waals surface area (Å²) in [5.74, 6) is -2.36. The third-order valence-electron chi connectivity index (χ3n) is 4.00. The van der Waals surface area contributed by atoms with Crippen molar-refractivity contribution in [2.75, 3.05) is 19.8 Å². The fraction of sp³-hybridized carbons (Fsp3) is 0.333. The maximum absolute atomic E-state index is 13.0. The molecule has 3 aromatic rings. The van der Waals surface area contributed by atoms with Gasteiger partial charge in [-0.25, -0.2) is 13.8 Å². The summed E-state index contributed by atoms with van der Waals surface area (Å²) in [6.07, 6.45) is 0.665. The highest BCUT2D eigenvalue weighted by molar-refractivity contribution is 7.84. The van der Waals surface area contributed by atoms with E-state index < -0.39 is 36.2 Å². The lowest BCUT2D eigenvalue weighted by atomic mass is 10.3. The first kappa shape index (κ1) is 18.9. The molecule has 10 heteroatoms. The number of benzene rings is 1. The van der Waals surface area contributed by atoms with Crippen LogP contribution in [0.5, 0.6) is 5.75 Å². The van der Waals surface area contributed by atoms with E-state index in [0.717, 1.165) is 11.0 Å². The van der Waals surface area contributed by atoms with Crippen molar-refractivity contribution in [3.63, 3.8) is 0 Å². The summed E-state index contributed by atoms with van der Waals surface area (Å²) < 4.78 is 53.9. The van der Waals surface area contributed by atoms with Gasteiger partial charge in [0, 0.05) is 12.3 Å². The number of ether oxygens (including phenoxy) is 3. The van der Waals surface area contributed by atoms with Gasteiger partial charge >= 0.3 is 0 Å². The Hall–Kier alpha value is -2.43. The summed E-state index contributed by atoms with van der Waals surface area (Å²) in [7, 11) is -1.41. The highest BCUT2D eigenvalue weighted by Crippen LogP contribution is 2.22. The molecule has 2 aromatic heterocycles. The highest BCUT2D eigenvalue weighted by atomic mass is 32.2. The summed E-state index contributed by atoms with van der Waals surface area (Å²) in [6, 6.07) is 10.7. The van der Waals surface area contributed by atoms with E-state index in [9.17, 15) is 13.0 Å². The number of imidazole rings is 1. The minimum Gasteiger partial charge on any atom is -0.488 e. The molecule has 1 saturated heterocycles. The second-order valence-corrected chi connectivity index (χ2v) is 7.62. The van der Waals surface area contributed by atoms with Crippen molar-refractivity contribution in [1.29, 1.82) is 0 Å². The second kappa shape index (κ2) is 7.90. The first-order chi connectivity index (χ1) is 13.5. The minimum absolute atomic E-state index is 0.0355. The predicted molar refractivity (Wildman–Crippen MR) is 96.6 cm³/mol. The first-order valence-electron chi connectivity index (χ1n) is 8.50. The number of para-hydroxylation sites is 2. The number of aromatic nitrogens is 3. The van der Waals surface area contributed by atoms with E-state index in [2.05, 4.69) is 15.0 Å². The number of halogens is 2. The Kier molecular flexibility index (Phi) is 5.33. The molecule has 1 atom stereocenters. The zero-order valence-electron chi connectivity index (χ0n) is 14.6. The predicted octanol–water partition coefficient (Wildman–Crippen LogP) is 2.65. The van der Waals surface area contributed by atoms with Crippen LogP contribution in [-0.2, 0) is 26.0 Å². The molecule has 1 aliphatic heterocycles. The van der Waals surface area contributed by atoms with Gasteiger partial charge < -0.3 is 19.2 Å². The molecule has 28 heavy (non-hydrogen) atoms. The van der Waals surface area contributed by atoms with Crippen LogP contribution in [0.15, 0.2) is 47.8 Å². The molecule has 0 aliphatic carbocycles. The number of nitrogens with one attached hydrogen (secondary N) is 1. The van der Waals surface area contributed by atoms with Crippen molar-refractivity contribution in [3.8, 4) is 5.75 Å². The molecule has 1 aliphatic rings. The molecule has 0 radical (unpaired) electrons. The smallest absolute Gasteiger partial charge is 0.293 e. The SMILES string of the molecule is O=S(Cc1cc(OCC2OCC(F)(F)CO2)ccn1)c1nc2ccccc2[nH]1. The zero-order valence-corrected chi connectivity index (χ0v) is 15.5. The normalized spacial score (nSPS) is 18.2. The van der Waals surface area contributed by atoms with Gasteiger partial charge in [-0.1, -0.05) is 12.1 Å². The molecular weight excluding hydrogens is 392 g/mol. The Labute approximate surface area is 161 Å². The van der Waals surface area contributed by atoms with Gasteiger partial charge in [0.15, 0.2) is 11.4 Å². The minimum atomic E-state index is -2.97. The first-order valence-corrected chi connectivity index (χ1v) is 9.82. The number of H-pyrrole nitrogens is 1. The standard InChI is InChI=1S/C18H17F2N3O4S/c19-18(20)10-26-16(27-11-18)8-25-13-5-6-21-12(7-13)9-28(24)17-22-14-3-1-2-4-15(14)23-17/h1-7,16H,8-11H2,(H,22,23). The number of alkyl halides is 2. The summed E-state index contributed by atoms with van der Waals surface area (Å²) in [4.78, 5) is 11.6. The van der Waals surface area contributed by atoms with Crippen LogP contribution in [0.25, 0.3) is 11.0 Å². The fourth-order valence-corrected chi connectivity index (χ4v) is 3.63. The lowest BCUT2D eigenvalue weighted by molar-refractivity contribution is -0.273. The highest BCUT2D eigenvalue weighted by Gasteiger charge is 2.37. The van der Waals surface area contributed by atoms with Crippen LogP contribution in [0.2, 0.25) is 0 Å². The fourth-order valence-electron chi connectivity index (χ4n) is 2.64. The summed E-state index contributed by atoms with van der Waals surface area (Å²) >= 11 is 0. The molecule has 1 N–H and O–H groups in total. The second-order valence-electron chi connectivity index (χ2n) is 6.25. The molecule has 4 rings (SSSR count). The van der Waals surface area contributed by atoms with Gasteiger partial charge in [0.25, 0.3) is 5.92 Å². The third kappa shape index (κ3) is 4.51. The van der Waals surface area contributed by atoms with E-state index in [1.807, 2.05) is 24.3 Å². The quantitative estimate of drug-likeness (QED) is 0.674. The summed E-state index contributed by atoms with van der Waals surface area (Å²) in [5, 5.41) is 0.374. The lowest BCUT2D eigenvalue weighted by Gasteiger charge is -2.28. The number of hydrogen-bond donors (Lipinski definition) is 1. The van der Waals surface area contributed by atoms with Crippen molar-refractivity contribution in [1.82, 2.24) is 15.0 Å². The number of fused-ring (bicyclic) bond motifs is 1. The summed E-state index contributed by atoms with van der Waals surface area (Å²) in [5.41, 5.74) is 2.11. The van der Waals surface area contributed by atoms with Crippen LogP contribution in [-0.4, -0.2) is 51.2 Å². The van der Waals surface area contributed by atoms with Crippen LogP contribution < -0.4 is 4.74 Å². The van der Waals surface area contributed by atoms with Crippen LogP contribution in [0.1, 0.15) is 5.69 Å². The Morgan fingerprint density at radius 1 is 1.25 bits per heavy atom. The van der Waals surface area contributed by atoms with E-state index >= 15 is 0 Å². The largest absolute Gasteiger partial charge is 0.488 e. The molecule has 148 valence electrons. The maximum Gasteiger partial charge on any atom is 0.293 e. The average molecular weight is 409 g/mol. The molecule has 0 amide bonds. The van der Waals surface area contributed by atoms with E-state index in [0.29, 0.717) is 16.6 Å². The molecular formula is C18H17F2N3O4S. The third-order valence-corrected chi connectivity index (χ3v) is 5.18. The monoisotopic (exact) mass is 409 g/mol. The van der Waals surface area contributed by atoms with Crippen LogP contribution in [0.4, 0.5) is 8.78 Å². The number of nitrogens with zero attached hydrogens (tertiary/aromatic N) is 2. The van der Waals surface area contributed by atoms with Gasteiger partial charge in [-0.2, -0.15) is 0 Å². The van der Waals surface area contributed by atoms with Crippen LogP contribution in [0, 0.1) is 0 Å². The molecule has 0 bridgehead atoms. The number of rotatable bonds is 6. The Morgan fingerprint density at radius 3 is 2.82 bits per heavy atom. The Bertz CT molecular complexity index is 955.